The molecule has 6 nitrogen and oxygen atoms in total. The summed E-state index contributed by atoms with van der Waals surface area (Å²) in [7, 11) is 0. The first kappa shape index (κ1) is 15.3. The first-order valence-electron chi connectivity index (χ1n) is 5.88. The molecular formula is C13H11ClN2O4S. The van der Waals surface area contributed by atoms with E-state index >= 15 is 0 Å². The zero-order valence-electron chi connectivity index (χ0n) is 10.9. The number of hydrazine groups is 1. The summed E-state index contributed by atoms with van der Waals surface area (Å²) in [4.78, 5) is 34.1. The molecule has 0 bridgehead atoms. The van der Waals surface area contributed by atoms with Gasteiger partial charge in [0, 0.05) is 17.0 Å². The predicted octanol–water partition coefficient (Wildman–Crippen LogP) is 1.88. The molecule has 0 saturated heterocycles. The van der Waals surface area contributed by atoms with Gasteiger partial charge in [-0.2, -0.15) is 0 Å². The Morgan fingerprint density at radius 1 is 1.24 bits per heavy atom. The third kappa shape index (κ3) is 3.71. The molecule has 2 amide bonds. The number of benzene rings is 1. The monoisotopic (exact) mass is 326 g/mol. The van der Waals surface area contributed by atoms with Gasteiger partial charge in [-0.25, -0.2) is 0 Å². The van der Waals surface area contributed by atoms with Gasteiger partial charge in [-0.05, 0) is 6.07 Å². The van der Waals surface area contributed by atoms with E-state index < -0.39 is 24.4 Å². The van der Waals surface area contributed by atoms with Gasteiger partial charge >= 0.3 is 5.97 Å². The molecule has 0 aliphatic rings. The highest BCUT2D eigenvalue weighted by atomic mass is 35.5. The van der Waals surface area contributed by atoms with Crippen molar-refractivity contribution >= 4 is 50.8 Å². The number of carbonyl (C=O) groups is 3. The number of rotatable bonds is 3. The van der Waals surface area contributed by atoms with Crippen molar-refractivity contribution < 1.29 is 19.1 Å². The van der Waals surface area contributed by atoms with Gasteiger partial charge in [0.15, 0.2) is 6.61 Å². The second-order valence-electron chi connectivity index (χ2n) is 4.02. The Morgan fingerprint density at radius 3 is 2.62 bits per heavy atom. The van der Waals surface area contributed by atoms with E-state index in [4.69, 9.17) is 11.6 Å². The number of nitrogens with one attached hydrogen (secondary N) is 2. The lowest BCUT2D eigenvalue weighted by Gasteiger charge is -2.06. The summed E-state index contributed by atoms with van der Waals surface area (Å²) in [6, 6.07) is 7.33. The van der Waals surface area contributed by atoms with Crippen molar-refractivity contribution in [2.75, 3.05) is 6.61 Å². The minimum absolute atomic E-state index is 0.297. The number of thiophene rings is 1. The van der Waals surface area contributed by atoms with Crippen molar-refractivity contribution in [3.63, 3.8) is 0 Å². The zero-order valence-corrected chi connectivity index (χ0v) is 12.5. The van der Waals surface area contributed by atoms with Crippen LogP contribution in [0.5, 0.6) is 0 Å². The standard InChI is InChI=1S/C13H11ClN2O4S/c1-7(17)20-6-10(18)15-16-13(19)12-11(14)8-4-2-3-5-9(8)21-12/h2-5H,6H2,1H3,(H,15,18)(H,16,19). The van der Waals surface area contributed by atoms with Gasteiger partial charge in [-0.3, -0.25) is 25.2 Å². The number of esters is 1. The summed E-state index contributed by atoms with van der Waals surface area (Å²) in [6.07, 6.45) is 0. The summed E-state index contributed by atoms with van der Waals surface area (Å²) in [6.45, 7) is 0.721. The highest BCUT2D eigenvalue weighted by Gasteiger charge is 2.17. The second-order valence-corrected chi connectivity index (χ2v) is 5.45. The molecule has 1 heterocycles. The maximum Gasteiger partial charge on any atom is 0.303 e. The fourth-order valence-corrected chi connectivity index (χ4v) is 2.96. The minimum atomic E-state index is -0.643. The molecule has 21 heavy (non-hydrogen) atoms. The molecule has 0 aliphatic heterocycles. The summed E-state index contributed by atoms with van der Waals surface area (Å²) < 4.78 is 5.36. The molecule has 2 N–H and O–H groups in total. The van der Waals surface area contributed by atoms with E-state index in [1.54, 1.807) is 0 Å². The number of hydrogen-bond acceptors (Lipinski definition) is 5. The number of hydrogen-bond donors (Lipinski definition) is 2. The van der Waals surface area contributed by atoms with Crippen LogP contribution < -0.4 is 10.9 Å². The van der Waals surface area contributed by atoms with E-state index in [0.717, 1.165) is 10.1 Å². The van der Waals surface area contributed by atoms with Crippen molar-refractivity contribution in [3.05, 3.63) is 34.2 Å². The molecule has 0 fully saturated rings. The summed E-state index contributed by atoms with van der Waals surface area (Å²) in [5.74, 6) is -1.75. The largest absolute Gasteiger partial charge is 0.456 e. The van der Waals surface area contributed by atoms with Gasteiger partial charge in [0.1, 0.15) is 4.88 Å². The molecule has 0 atom stereocenters. The lowest BCUT2D eigenvalue weighted by atomic mass is 10.2. The molecule has 0 radical (unpaired) electrons. The number of ether oxygens (including phenoxy) is 1. The summed E-state index contributed by atoms with van der Waals surface area (Å²) in [5.41, 5.74) is 4.36. The Balaban J connectivity index is 2.01. The summed E-state index contributed by atoms with van der Waals surface area (Å²) in [5, 5.41) is 1.11. The van der Waals surface area contributed by atoms with E-state index in [0.29, 0.717) is 9.90 Å². The average Bonchev–Trinajstić information content (AvgIpc) is 2.80. The normalized spacial score (nSPS) is 10.2. The fourth-order valence-electron chi connectivity index (χ4n) is 1.55. The minimum Gasteiger partial charge on any atom is -0.456 e. The van der Waals surface area contributed by atoms with Crippen LogP contribution in [0.4, 0.5) is 0 Å². The van der Waals surface area contributed by atoms with Crippen LogP contribution in [-0.4, -0.2) is 24.4 Å². The Bertz CT molecular complexity index is 713. The highest BCUT2D eigenvalue weighted by molar-refractivity contribution is 7.21. The van der Waals surface area contributed by atoms with E-state index in [-0.39, 0.29) is 0 Å². The van der Waals surface area contributed by atoms with Crippen LogP contribution in [0.2, 0.25) is 5.02 Å². The van der Waals surface area contributed by atoms with Crippen molar-refractivity contribution in [2.24, 2.45) is 0 Å². The maximum atomic E-state index is 12.0. The molecule has 8 heteroatoms. The third-order valence-electron chi connectivity index (χ3n) is 2.46. The SMILES string of the molecule is CC(=O)OCC(=O)NNC(=O)c1sc2ccccc2c1Cl. The van der Waals surface area contributed by atoms with Crippen LogP contribution in [0.3, 0.4) is 0 Å². The van der Waals surface area contributed by atoms with E-state index in [2.05, 4.69) is 15.6 Å². The number of fused-ring (bicyclic) bond motifs is 1. The Kier molecular flexibility index (Phi) is 4.77. The quantitative estimate of drug-likeness (QED) is 0.666. The van der Waals surface area contributed by atoms with Crippen LogP contribution in [0.1, 0.15) is 16.6 Å². The van der Waals surface area contributed by atoms with E-state index in [1.165, 1.54) is 18.3 Å². The third-order valence-corrected chi connectivity index (χ3v) is 4.14. The number of carbonyl (C=O) groups excluding carboxylic acids is 3. The maximum absolute atomic E-state index is 12.0. The first-order chi connectivity index (χ1) is 9.99. The van der Waals surface area contributed by atoms with Crippen molar-refractivity contribution in [2.45, 2.75) is 6.92 Å². The molecule has 0 aliphatic carbocycles. The van der Waals surface area contributed by atoms with Gasteiger partial charge in [0.05, 0.1) is 5.02 Å². The number of halogens is 1. The van der Waals surface area contributed by atoms with Crippen molar-refractivity contribution in [1.29, 1.82) is 0 Å². The second kappa shape index (κ2) is 6.55. The van der Waals surface area contributed by atoms with Crippen molar-refractivity contribution in [3.8, 4) is 0 Å². The van der Waals surface area contributed by atoms with Gasteiger partial charge < -0.3 is 4.74 Å². The lowest BCUT2D eigenvalue weighted by molar-refractivity contribution is -0.146. The van der Waals surface area contributed by atoms with E-state index in [9.17, 15) is 14.4 Å². The van der Waals surface area contributed by atoms with Gasteiger partial charge in [-0.15, -0.1) is 11.3 Å². The Hall–Kier alpha value is -2.12. The van der Waals surface area contributed by atoms with Gasteiger partial charge in [0.2, 0.25) is 0 Å². The molecule has 0 saturated carbocycles. The molecule has 110 valence electrons. The predicted molar refractivity (Wildman–Crippen MR) is 79.1 cm³/mol. The van der Waals surface area contributed by atoms with Crippen LogP contribution in [-0.2, 0) is 14.3 Å². The molecule has 1 aromatic carbocycles. The summed E-state index contributed by atoms with van der Waals surface area (Å²) >= 11 is 7.36. The highest BCUT2D eigenvalue weighted by Crippen LogP contribution is 2.34. The molecular weight excluding hydrogens is 316 g/mol. The molecule has 0 unspecified atom stereocenters. The van der Waals surface area contributed by atoms with Crippen LogP contribution in [0, 0.1) is 0 Å². The van der Waals surface area contributed by atoms with Crippen LogP contribution in [0.25, 0.3) is 10.1 Å². The first-order valence-corrected chi connectivity index (χ1v) is 7.08. The number of amides is 2. The zero-order chi connectivity index (χ0) is 15.4. The van der Waals surface area contributed by atoms with Gasteiger partial charge in [0.25, 0.3) is 11.8 Å². The smallest absolute Gasteiger partial charge is 0.303 e. The topological polar surface area (TPSA) is 84.5 Å². The van der Waals surface area contributed by atoms with Crippen LogP contribution >= 0.6 is 22.9 Å². The van der Waals surface area contributed by atoms with Crippen molar-refractivity contribution in [1.82, 2.24) is 10.9 Å². The lowest BCUT2D eigenvalue weighted by Crippen LogP contribution is -2.43. The molecule has 2 rings (SSSR count). The van der Waals surface area contributed by atoms with Crippen LogP contribution in [0.15, 0.2) is 24.3 Å². The van der Waals surface area contributed by atoms with E-state index in [1.807, 2.05) is 24.3 Å². The Labute approximate surface area is 129 Å². The molecule has 0 spiro atoms. The Morgan fingerprint density at radius 2 is 1.95 bits per heavy atom. The fraction of sp³-hybridized carbons (Fsp3) is 0.154. The average molecular weight is 327 g/mol. The van der Waals surface area contributed by atoms with Gasteiger partial charge in [-0.1, -0.05) is 29.8 Å². The molecule has 1 aromatic heterocycles. The molecule has 2 aromatic rings.